The van der Waals surface area contributed by atoms with Gasteiger partial charge in [0.2, 0.25) is 0 Å². The largest absolute Gasteiger partial charge is 0.492 e. The normalized spacial score (nSPS) is 16.2. The molecule has 0 aliphatic carbocycles. The van der Waals surface area contributed by atoms with E-state index in [9.17, 15) is 0 Å². The highest BCUT2D eigenvalue weighted by Crippen LogP contribution is 2.25. The van der Waals surface area contributed by atoms with Crippen molar-refractivity contribution in [3.63, 3.8) is 0 Å². The molecule has 136 valence electrons. The van der Waals surface area contributed by atoms with Crippen LogP contribution >= 0.6 is 23.7 Å². The second-order valence-corrected chi connectivity index (χ2v) is 7.55. The van der Waals surface area contributed by atoms with Crippen LogP contribution in [0.2, 0.25) is 0 Å². The fourth-order valence-corrected chi connectivity index (χ4v) is 4.00. The zero-order valence-electron chi connectivity index (χ0n) is 14.7. The molecule has 0 bridgehead atoms. The average Bonchev–Trinajstić information content (AvgIpc) is 3.36. The fourth-order valence-electron chi connectivity index (χ4n) is 3.26. The first-order valence-electron chi connectivity index (χ1n) is 8.95. The zero-order chi connectivity index (χ0) is 16.9. The van der Waals surface area contributed by atoms with Gasteiger partial charge in [-0.3, -0.25) is 0 Å². The summed E-state index contributed by atoms with van der Waals surface area (Å²) in [4.78, 5) is 1.32. The van der Waals surface area contributed by atoms with Crippen molar-refractivity contribution in [3.8, 4) is 16.2 Å². The Hall–Kier alpha value is -1.81. The summed E-state index contributed by atoms with van der Waals surface area (Å²) in [5, 5.41) is 5.58. The maximum atomic E-state index is 5.89. The van der Waals surface area contributed by atoms with E-state index < -0.39 is 0 Å². The highest BCUT2D eigenvalue weighted by atomic mass is 35.5. The van der Waals surface area contributed by atoms with E-state index >= 15 is 0 Å². The summed E-state index contributed by atoms with van der Waals surface area (Å²) < 4.78 is 5.89. The smallest absolute Gasteiger partial charge is 0.119 e. The minimum Gasteiger partial charge on any atom is -0.492 e. The van der Waals surface area contributed by atoms with Gasteiger partial charge in [0, 0.05) is 10.9 Å². The van der Waals surface area contributed by atoms with Crippen molar-refractivity contribution < 1.29 is 4.74 Å². The topological polar surface area (TPSA) is 21.3 Å². The third kappa shape index (κ3) is 4.88. The van der Waals surface area contributed by atoms with Crippen LogP contribution in [0.5, 0.6) is 5.75 Å². The van der Waals surface area contributed by atoms with Crippen molar-refractivity contribution in [3.05, 3.63) is 77.2 Å². The Balaban J connectivity index is 0.00000196. The van der Waals surface area contributed by atoms with Gasteiger partial charge in [0.25, 0.3) is 0 Å². The molecule has 1 atom stereocenters. The van der Waals surface area contributed by atoms with E-state index in [-0.39, 0.29) is 12.4 Å². The molecule has 0 unspecified atom stereocenters. The summed E-state index contributed by atoms with van der Waals surface area (Å²) in [7, 11) is 0. The number of thiophene rings is 1. The van der Waals surface area contributed by atoms with Crippen molar-refractivity contribution >= 4 is 23.7 Å². The summed E-state index contributed by atoms with van der Waals surface area (Å²) in [6.07, 6.45) is 3.44. The van der Waals surface area contributed by atoms with Crippen LogP contribution in [-0.4, -0.2) is 19.2 Å². The Labute approximate surface area is 165 Å². The van der Waals surface area contributed by atoms with Gasteiger partial charge in [0.15, 0.2) is 0 Å². The lowest BCUT2D eigenvalue weighted by molar-refractivity contribution is 0.277. The van der Waals surface area contributed by atoms with Crippen LogP contribution in [0.3, 0.4) is 0 Å². The third-order valence-electron chi connectivity index (χ3n) is 4.70. The first kappa shape index (κ1) is 19.0. The molecule has 1 saturated heterocycles. The molecule has 4 heteroatoms. The SMILES string of the molecule is Cl.c1csc(-c2ccc(Cc3ccc(OC[C@H]4CCCN4)cc3)cc2)c1. The number of hydrogen-bond donors (Lipinski definition) is 1. The van der Waals surface area contributed by atoms with Crippen LogP contribution in [0, 0.1) is 0 Å². The Bertz CT molecular complexity index is 778. The molecule has 2 nitrogen and oxygen atoms in total. The van der Waals surface area contributed by atoms with Gasteiger partial charge >= 0.3 is 0 Å². The molecule has 1 aliphatic rings. The summed E-state index contributed by atoms with van der Waals surface area (Å²) in [6.45, 7) is 1.89. The first-order valence-corrected chi connectivity index (χ1v) is 9.83. The average molecular weight is 386 g/mol. The van der Waals surface area contributed by atoms with E-state index in [1.54, 1.807) is 11.3 Å². The molecule has 1 N–H and O–H groups in total. The van der Waals surface area contributed by atoms with E-state index in [4.69, 9.17) is 4.74 Å². The van der Waals surface area contributed by atoms with E-state index in [1.165, 1.54) is 34.4 Å². The number of rotatable bonds is 6. The van der Waals surface area contributed by atoms with Crippen LogP contribution in [0.15, 0.2) is 66.0 Å². The van der Waals surface area contributed by atoms with E-state index in [0.29, 0.717) is 6.04 Å². The van der Waals surface area contributed by atoms with Gasteiger partial charge in [-0.15, -0.1) is 23.7 Å². The van der Waals surface area contributed by atoms with Crippen molar-refractivity contribution in [2.24, 2.45) is 0 Å². The van der Waals surface area contributed by atoms with Crippen LogP contribution in [-0.2, 0) is 6.42 Å². The molecule has 1 fully saturated rings. The fraction of sp³-hybridized carbons (Fsp3) is 0.273. The minimum absolute atomic E-state index is 0. The lowest BCUT2D eigenvalue weighted by Crippen LogP contribution is -2.28. The lowest BCUT2D eigenvalue weighted by atomic mass is 10.0. The monoisotopic (exact) mass is 385 g/mol. The Morgan fingerprint density at radius 1 is 0.962 bits per heavy atom. The molecule has 4 rings (SSSR count). The molecule has 2 heterocycles. The number of nitrogens with one attached hydrogen (secondary N) is 1. The molecule has 0 amide bonds. The molecule has 2 aromatic carbocycles. The molecule has 1 aromatic heterocycles. The van der Waals surface area contributed by atoms with Gasteiger partial charge in [-0.05, 0) is 66.1 Å². The Kier molecular flexibility index (Phi) is 6.73. The standard InChI is InChI=1S/C22H23NOS.ClH/c1-3-20(23-13-1)16-24-21-11-7-18(8-12-21)15-17-5-9-19(10-6-17)22-4-2-14-25-22;/h2,4-12,14,20,23H,1,3,13,15-16H2;1H/t20-;/m1./s1. The molecule has 0 saturated carbocycles. The van der Waals surface area contributed by atoms with Gasteiger partial charge in [0.1, 0.15) is 12.4 Å². The van der Waals surface area contributed by atoms with E-state index in [1.807, 2.05) is 0 Å². The molecule has 3 aromatic rings. The summed E-state index contributed by atoms with van der Waals surface area (Å²) in [5.74, 6) is 0.963. The molecular weight excluding hydrogens is 362 g/mol. The Morgan fingerprint density at radius 2 is 1.69 bits per heavy atom. The molecule has 0 radical (unpaired) electrons. The van der Waals surface area contributed by atoms with Crippen molar-refractivity contribution in [1.29, 1.82) is 0 Å². The Morgan fingerprint density at radius 3 is 2.31 bits per heavy atom. The first-order chi connectivity index (χ1) is 12.4. The van der Waals surface area contributed by atoms with Gasteiger partial charge in [-0.1, -0.05) is 42.5 Å². The zero-order valence-corrected chi connectivity index (χ0v) is 16.3. The second kappa shape index (κ2) is 9.22. The molecule has 0 spiro atoms. The predicted molar refractivity (Wildman–Crippen MR) is 113 cm³/mol. The number of halogens is 1. The maximum absolute atomic E-state index is 5.89. The van der Waals surface area contributed by atoms with Crippen molar-refractivity contribution in [1.82, 2.24) is 5.32 Å². The molecule has 1 aliphatic heterocycles. The van der Waals surface area contributed by atoms with Crippen LogP contribution in [0.1, 0.15) is 24.0 Å². The summed E-state index contributed by atoms with van der Waals surface area (Å²) in [6, 6.07) is 22.2. The maximum Gasteiger partial charge on any atom is 0.119 e. The quantitative estimate of drug-likeness (QED) is 0.599. The van der Waals surface area contributed by atoms with Gasteiger partial charge < -0.3 is 10.1 Å². The van der Waals surface area contributed by atoms with Gasteiger partial charge in [-0.2, -0.15) is 0 Å². The van der Waals surface area contributed by atoms with Gasteiger partial charge in [0.05, 0.1) is 0 Å². The summed E-state index contributed by atoms with van der Waals surface area (Å²) in [5.41, 5.74) is 3.95. The van der Waals surface area contributed by atoms with E-state index in [2.05, 4.69) is 71.4 Å². The van der Waals surface area contributed by atoms with Crippen molar-refractivity contribution in [2.75, 3.05) is 13.2 Å². The lowest BCUT2D eigenvalue weighted by Gasteiger charge is -2.12. The minimum atomic E-state index is 0. The predicted octanol–water partition coefficient (Wildman–Crippen LogP) is 5.56. The number of benzene rings is 2. The van der Waals surface area contributed by atoms with Crippen LogP contribution in [0.4, 0.5) is 0 Å². The van der Waals surface area contributed by atoms with E-state index in [0.717, 1.165) is 25.3 Å². The summed E-state index contributed by atoms with van der Waals surface area (Å²) >= 11 is 1.78. The molecule has 26 heavy (non-hydrogen) atoms. The number of hydrogen-bond acceptors (Lipinski definition) is 3. The van der Waals surface area contributed by atoms with Crippen LogP contribution in [0.25, 0.3) is 10.4 Å². The van der Waals surface area contributed by atoms with Gasteiger partial charge in [-0.25, -0.2) is 0 Å². The number of ether oxygens (including phenoxy) is 1. The molecular formula is C22H24ClNOS. The third-order valence-corrected chi connectivity index (χ3v) is 5.62. The van der Waals surface area contributed by atoms with Crippen LogP contribution < -0.4 is 10.1 Å². The van der Waals surface area contributed by atoms with Crippen molar-refractivity contribution in [2.45, 2.75) is 25.3 Å². The second-order valence-electron chi connectivity index (χ2n) is 6.60. The highest BCUT2D eigenvalue weighted by Gasteiger charge is 2.14. The highest BCUT2D eigenvalue weighted by molar-refractivity contribution is 7.13.